The van der Waals surface area contributed by atoms with Gasteiger partial charge in [0.25, 0.3) is 0 Å². The van der Waals surface area contributed by atoms with Crippen molar-refractivity contribution in [3.05, 3.63) is 152 Å². The van der Waals surface area contributed by atoms with Gasteiger partial charge in [0.2, 0.25) is 0 Å². The lowest BCUT2D eigenvalue weighted by Gasteiger charge is -2.20. The average molecular weight is 682 g/mol. The van der Waals surface area contributed by atoms with Gasteiger partial charge in [-0.2, -0.15) is 0 Å². The zero-order valence-electron chi connectivity index (χ0n) is 30.4. The average Bonchev–Trinajstić information content (AvgIpc) is 3.19. The van der Waals surface area contributed by atoms with Gasteiger partial charge in [-0.15, -0.1) is 0 Å². The molecule has 5 aromatic rings. The van der Waals surface area contributed by atoms with Crippen molar-refractivity contribution >= 4 is 62.6 Å². The highest BCUT2D eigenvalue weighted by atomic mass is 15.1. The van der Waals surface area contributed by atoms with E-state index in [-0.39, 0.29) is 0 Å². The number of aliphatic imine (C=N–C) groups is 2. The summed E-state index contributed by atoms with van der Waals surface area (Å²) in [5.41, 5.74) is 22.3. The van der Waals surface area contributed by atoms with Gasteiger partial charge in [-0.25, -0.2) is 0 Å². The molecule has 264 valence electrons. The van der Waals surface area contributed by atoms with Crippen LogP contribution >= 0.6 is 0 Å². The number of anilines is 9. The third kappa shape index (κ3) is 13.5. The Morgan fingerprint density at radius 3 is 1.35 bits per heavy atom. The zero-order chi connectivity index (χ0) is 36.8. The lowest BCUT2D eigenvalue weighted by atomic mass is 10.1. The van der Waals surface area contributed by atoms with Crippen LogP contribution < -0.4 is 37.6 Å². The summed E-state index contributed by atoms with van der Waals surface area (Å²) >= 11 is 0. The standard InChI is InChI=1S/2C14H17N3.C8H10N2.C6H7N/c1-16-12-5-9-14(10-6-12)17(2)13-7-3-11(15)4-8-13;1-15-12-8-9-13(16-2)14(10-12)17-11-6-4-3-5-7-11;1-9-7-3-5-8(10-2)6-4-7;7-6-4-2-1-3-5-6/h3-10,16H,15H2,1-2H3;3-10,15-17H,1-2H3;3-6H,1-2H3;1-5H,7H2. The van der Waals surface area contributed by atoms with E-state index in [0.29, 0.717) is 0 Å². The van der Waals surface area contributed by atoms with Gasteiger partial charge in [-0.1, -0.05) is 36.4 Å². The van der Waals surface area contributed by atoms with Crippen LogP contribution in [0.2, 0.25) is 0 Å². The Bertz CT molecular complexity index is 1810. The quantitative estimate of drug-likeness (QED) is 0.0747. The van der Waals surface area contributed by atoms with Crippen LogP contribution in [-0.2, 0) is 0 Å². The van der Waals surface area contributed by atoms with Crippen molar-refractivity contribution in [2.45, 2.75) is 0 Å². The van der Waals surface area contributed by atoms with E-state index in [4.69, 9.17) is 11.5 Å². The molecule has 0 unspecified atom stereocenters. The SMILES string of the molecule is CN=C1C=CC(=NC)C=C1.CNc1ccc(N(C)c2ccc(N)cc2)cc1.CNc1ccc(NC)c(Nc2ccccc2)c1.Nc1ccccc1. The summed E-state index contributed by atoms with van der Waals surface area (Å²) in [6.45, 7) is 0. The molecule has 0 heterocycles. The minimum Gasteiger partial charge on any atom is -0.399 e. The Labute approximate surface area is 303 Å². The van der Waals surface area contributed by atoms with Gasteiger partial charge in [0.1, 0.15) is 0 Å². The van der Waals surface area contributed by atoms with Crippen molar-refractivity contribution in [3.63, 3.8) is 0 Å². The fourth-order valence-corrected chi connectivity index (χ4v) is 4.60. The van der Waals surface area contributed by atoms with Gasteiger partial charge < -0.3 is 37.6 Å². The number of nitrogens with one attached hydrogen (secondary N) is 4. The summed E-state index contributed by atoms with van der Waals surface area (Å²) in [5.74, 6) is 0. The molecule has 0 radical (unpaired) electrons. The topological polar surface area (TPSA) is 128 Å². The molecule has 9 nitrogen and oxygen atoms in total. The third-order valence-corrected chi connectivity index (χ3v) is 7.62. The number of nitrogens with two attached hydrogens (primary N) is 2. The van der Waals surface area contributed by atoms with Crippen molar-refractivity contribution in [1.29, 1.82) is 0 Å². The Morgan fingerprint density at radius 2 is 0.922 bits per heavy atom. The number of hydrogen-bond donors (Lipinski definition) is 6. The summed E-state index contributed by atoms with van der Waals surface area (Å²) in [6.07, 6.45) is 7.79. The van der Waals surface area contributed by atoms with Crippen LogP contribution in [-0.4, -0.2) is 53.7 Å². The number of hydrogen-bond acceptors (Lipinski definition) is 9. The molecular weight excluding hydrogens is 631 g/mol. The molecular formula is C42H51N9. The molecule has 0 aromatic heterocycles. The molecule has 0 amide bonds. The number of benzene rings is 5. The normalized spacial score (nSPS) is 10.9. The molecule has 0 atom stereocenters. The van der Waals surface area contributed by atoms with Crippen molar-refractivity contribution in [2.75, 3.05) is 79.9 Å². The Kier molecular flexibility index (Phi) is 16.4. The lowest BCUT2D eigenvalue weighted by Crippen LogP contribution is -2.09. The van der Waals surface area contributed by atoms with Crippen LogP contribution in [0.5, 0.6) is 0 Å². The first-order valence-electron chi connectivity index (χ1n) is 16.6. The fourth-order valence-electron chi connectivity index (χ4n) is 4.60. The van der Waals surface area contributed by atoms with Gasteiger partial charge in [-0.05, 0) is 115 Å². The first-order valence-corrected chi connectivity index (χ1v) is 16.6. The number of nitrogens with zero attached hydrogens (tertiary/aromatic N) is 3. The molecule has 0 saturated carbocycles. The fraction of sp³-hybridized carbons (Fsp3) is 0.143. The molecule has 9 heteroatoms. The molecule has 0 bridgehead atoms. The Morgan fingerprint density at radius 1 is 0.471 bits per heavy atom. The monoisotopic (exact) mass is 681 g/mol. The van der Waals surface area contributed by atoms with Gasteiger partial charge in [0.15, 0.2) is 0 Å². The molecule has 51 heavy (non-hydrogen) atoms. The van der Waals surface area contributed by atoms with Crippen molar-refractivity contribution < 1.29 is 0 Å². The van der Waals surface area contributed by atoms with Crippen LogP contribution in [0.15, 0.2) is 162 Å². The molecule has 6 rings (SSSR count). The molecule has 8 N–H and O–H groups in total. The molecule has 5 aromatic carbocycles. The van der Waals surface area contributed by atoms with Gasteiger partial charge >= 0.3 is 0 Å². The van der Waals surface area contributed by atoms with Crippen LogP contribution in [0.3, 0.4) is 0 Å². The third-order valence-electron chi connectivity index (χ3n) is 7.62. The predicted molar refractivity (Wildman–Crippen MR) is 226 cm³/mol. The van der Waals surface area contributed by atoms with E-state index in [9.17, 15) is 0 Å². The minimum atomic E-state index is 0.785. The van der Waals surface area contributed by atoms with Crippen LogP contribution in [0, 0.1) is 0 Å². The molecule has 0 spiro atoms. The van der Waals surface area contributed by atoms with E-state index < -0.39 is 0 Å². The predicted octanol–water partition coefficient (Wildman–Crippen LogP) is 9.11. The maximum Gasteiger partial charge on any atom is 0.0640 e. The van der Waals surface area contributed by atoms with Gasteiger partial charge in [0, 0.05) is 82.1 Å². The molecule has 1 aliphatic rings. The second kappa shape index (κ2) is 21.5. The summed E-state index contributed by atoms with van der Waals surface area (Å²) in [5, 5.41) is 12.8. The van der Waals surface area contributed by atoms with Crippen LogP contribution in [0.4, 0.5) is 51.2 Å². The van der Waals surface area contributed by atoms with Crippen LogP contribution in [0.1, 0.15) is 0 Å². The molecule has 0 aliphatic heterocycles. The van der Waals surface area contributed by atoms with E-state index in [0.717, 1.165) is 62.6 Å². The number of allylic oxidation sites excluding steroid dienone is 4. The summed E-state index contributed by atoms with van der Waals surface area (Å²) in [7, 11) is 11.3. The van der Waals surface area contributed by atoms with Crippen molar-refractivity contribution in [3.8, 4) is 0 Å². The highest BCUT2D eigenvalue weighted by Gasteiger charge is 2.04. The maximum absolute atomic E-state index is 5.68. The molecule has 0 fully saturated rings. The number of nitrogen functional groups attached to an aromatic ring is 2. The number of para-hydroxylation sites is 2. The van der Waals surface area contributed by atoms with Crippen molar-refractivity contribution in [1.82, 2.24) is 0 Å². The van der Waals surface area contributed by atoms with E-state index in [1.54, 1.807) is 14.1 Å². The summed E-state index contributed by atoms with van der Waals surface area (Å²) in [6, 6.07) is 41.9. The minimum absolute atomic E-state index is 0.785. The first kappa shape index (κ1) is 39.0. The highest BCUT2D eigenvalue weighted by Crippen LogP contribution is 2.28. The second-order valence-corrected chi connectivity index (χ2v) is 11.1. The van der Waals surface area contributed by atoms with Gasteiger partial charge in [0.05, 0.1) is 22.8 Å². The largest absolute Gasteiger partial charge is 0.399 e. The zero-order valence-corrected chi connectivity index (χ0v) is 30.4. The summed E-state index contributed by atoms with van der Waals surface area (Å²) < 4.78 is 0. The lowest BCUT2D eigenvalue weighted by molar-refractivity contribution is 1.21. The Hall–Kier alpha value is -6.48. The molecule has 1 aliphatic carbocycles. The number of rotatable bonds is 7. The van der Waals surface area contributed by atoms with E-state index >= 15 is 0 Å². The second-order valence-electron chi connectivity index (χ2n) is 11.1. The van der Waals surface area contributed by atoms with Crippen LogP contribution in [0.25, 0.3) is 0 Å². The summed E-state index contributed by atoms with van der Waals surface area (Å²) in [4.78, 5) is 10.1. The van der Waals surface area contributed by atoms with E-state index in [1.165, 1.54) is 0 Å². The van der Waals surface area contributed by atoms with E-state index in [1.807, 2.05) is 143 Å². The first-order chi connectivity index (χ1) is 24.8. The van der Waals surface area contributed by atoms with E-state index in [2.05, 4.69) is 72.6 Å². The van der Waals surface area contributed by atoms with Gasteiger partial charge in [-0.3, -0.25) is 9.98 Å². The molecule has 0 saturated heterocycles. The van der Waals surface area contributed by atoms with Crippen molar-refractivity contribution in [2.24, 2.45) is 9.98 Å². The Balaban J connectivity index is 0.000000194. The maximum atomic E-state index is 5.68. The highest BCUT2D eigenvalue weighted by molar-refractivity contribution is 6.18. The smallest absolute Gasteiger partial charge is 0.0640 e.